The zero-order chi connectivity index (χ0) is 31.4. The quantitative estimate of drug-likeness (QED) is 0.223. The molecule has 6 rings (SSSR count). The minimum atomic E-state index is -0.505. The van der Waals surface area contributed by atoms with Crippen LogP contribution < -0.4 is 10.3 Å². The smallest absolute Gasteiger partial charge is 0.410 e. The minimum absolute atomic E-state index is 0.202. The average molecular weight is 606 g/mol. The number of benzene rings is 2. The Balaban J connectivity index is 1.10. The molecule has 0 unspecified atom stereocenters. The highest BCUT2D eigenvalue weighted by molar-refractivity contribution is 5.68. The SMILES string of the molecule is CC(C)(C)OC(=O)N1CCC(n2cc(-c3cnc(-c4cccc(Cn5nc(Oc6ccccc6)ccc5=O)c4)nc3)cn2)CC1. The molecule has 0 saturated carbocycles. The van der Waals surface area contributed by atoms with Crippen LogP contribution in [-0.4, -0.2) is 59.2 Å². The van der Waals surface area contributed by atoms with Crippen molar-refractivity contribution in [1.82, 2.24) is 34.4 Å². The van der Waals surface area contributed by atoms with Crippen LogP contribution in [-0.2, 0) is 11.3 Å². The van der Waals surface area contributed by atoms with Crippen molar-refractivity contribution in [2.24, 2.45) is 0 Å². The topological polar surface area (TPSA) is 117 Å². The predicted molar refractivity (Wildman–Crippen MR) is 169 cm³/mol. The van der Waals surface area contributed by atoms with Gasteiger partial charge < -0.3 is 14.4 Å². The number of hydrogen-bond acceptors (Lipinski definition) is 8. The van der Waals surface area contributed by atoms with Gasteiger partial charge in [-0.2, -0.15) is 5.10 Å². The molecule has 4 heterocycles. The Hall–Kier alpha value is -5.32. The summed E-state index contributed by atoms with van der Waals surface area (Å²) < 4.78 is 14.7. The summed E-state index contributed by atoms with van der Waals surface area (Å²) in [5.74, 6) is 1.56. The Bertz CT molecular complexity index is 1820. The number of para-hydroxylation sites is 1. The van der Waals surface area contributed by atoms with Crippen molar-refractivity contribution in [3.63, 3.8) is 0 Å². The summed E-state index contributed by atoms with van der Waals surface area (Å²) in [6, 6.07) is 20.3. The second-order valence-corrected chi connectivity index (χ2v) is 12.0. The van der Waals surface area contributed by atoms with E-state index in [-0.39, 0.29) is 24.2 Å². The summed E-state index contributed by atoms with van der Waals surface area (Å²) in [4.78, 5) is 36.0. The Morgan fingerprint density at radius 3 is 2.38 bits per heavy atom. The zero-order valence-electron chi connectivity index (χ0n) is 25.5. The normalized spacial score (nSPS) is 13.9. The number of rotatable bonds is 7. The van der Waals surface area contributed by atoms with Crippen molar-refractivity contribution in [2.45, 2.75) is 51.8 Å². The molecule has 0 atom stereocenters. The Morgan fingerprint density at radius 1 is 0.889 bits per heavy atom. The van der Waals surface area contributed by atoms with Gasteiger partial charge in [0.05, 0.1) is 18.8 Å². The van der Waals surface area contributed by atoms with Gasteiger partial charge in [-0.15, -0.1) is 5.10 Å². The Labute approximate surface area is 261 Å². The maximum Gasteiger partial charge on any atom is 0.410 e. The molecule has 0 bridgehead atoms. The molecule has 11 heteroatoms. The van der Waals surface area contributed by atoms with Gasteiger partial charge in [0.25, 0.3) is 5.56 Å². The standard InChI is InChI=1S/C34H35N7O4/c1-34(2,3)45-33(43)39-16-14-28(15-17-39)40-23-27(21-37-40)26-19-35-32(36-20-26)25-9-7-8-24(18-25)22-41-31(42)13-12-30(38-41)44-29-10-5-4-6-11-29/h4-13,18-21,23,28H,14-17,22H2,1-3H3. The molecule has 230 valence electrons. The van der Waals surface area contributed by atoms with E-state index in [1.807, 2.05) is 92.4 Å². The molecule has 45 heavy (non-hydrogen) atoms. The van der Waals surface area contributed by atoms with Gasteiger partial charge in [0.15, 0.2) is 5.82 Å². The third-order valence-corrected chi connectivity index (χ3v) is 7.40. The Kier molecular flexibility index (Phi) is 8.41. The molecule has 1 amide bonds. The Morgan fingerprint density at radius 2 is 1.64 bits per heavy atom. The first kappa shape index (κ1) is 29.7. The molecule has 11 nitrogen and oxygen atoms in total. The highest BCUT2D eigenvalue weighted by Crippen LogP contribution is 2.27. The lowest BCUT2D eigenvalue weighted by Crippen LogP contribution is -2.42. The van der Waals surface area contributed by atoms with E-state index < -0.39 is 5.60 Å². The van der Waals surface area contributed by atoms with Gasteiger partial charge in [0, 0.05) is 60.5 Å². The molecule has 0 spiro atoms. The fourth-order valence-electron chi connectivity index (χ4n) is 5.14. The fourth-order valence-corrected chi connectivity index (χ4v) is 5.14. The third kappa shape index (κ3) is 7.43. The number of hydrogen-bond donors (Lipinski definition) is 0. The van der Waals surface area contributed by atoms with Gasteiger partial charge in [0.2, 0.25) is 5.88 Å². The fraction of sp³-hybridized carbons (Fsp3) is 0.294. The van der Waals surface area contributed by atoms with E-state index in [4.69, 9.17) is 9.47 Å². The number of carbonyl (C=O) groups is 1. The van der Waals surface area contributed by atoms with E-state index in [1.54, 1.807) is 23.4 Å². The number of ether oxygens (including phenoxy) is 2. The molecule has 1 saturated heterocycles. The number of carbonyl (C=O) groups excluding carboxylic acids is 1. The highest BCUT2D eigenvalue weighted by Gasteiger charge is 2.28. The molecule has 0 N–H and O–H groups in total. The van der Waals surface area contributed by atoms with Crippen molar-refractivity contribution < 1.29 is 14.3 Å². The van der Waals surface area contributed by atoms with Crippen molar-refractivity contribution >= 4 is 6.09 Å². The van der Waals surface area contributed by atoms with Crippen LogP contribution in [0.3, 0.4) is 0 Å². The molecule has 1 fully saturated rings. The number of likely N-dealkylation sites (tertiary alicyclic amines) is 1. The lowest BCUT2D eigenvalue weighted by Gasteiger charge is -2.33. The monoisotopic (exact) mass is 605 g/mol. The van der Waals surface area contributed by atoms with Crippen molar-refractivity contribution in [2.75, 3.05) is 13.1 Å². The van der Waals surface area contributed by atoms with E-state index in [0.717, 1.165) is 35.1 Å². The largest absolute Gasteiger partial charge is 0.444 e. The number of nitrogens with zero attached hydrogens (tertiary/aromatic N) is 7. The number of piperidine rings is 1. The van der Waals surface area contributed by atoms with Crippen LogP contribution in [0.2, 0.25) is 0 Å². The molecule has 0 radical (unpaired) electrons. The van der Waals surface area contributed by atoms with Crippen LogP contribution in [0.25, 0.3) is 22.5 Å². The number of aromatic nitrogens is 6. The summed E-state index contributed by atoms with van der Waals surface area (Å²) in [5, 5.41) is 8.99. The molecular weight excluding hydrogens is 570 g/mol. The maximum atomic E-state index is 12.5. The lowest BCUT2D eigenvalue weighted by molar-refractivity contribution is 0.0185. The molecular formula is C34H35N7O4. The molecule has 0 aliphatic carbocycles. The second-order valence-electron chi connectivity index (χ2n) is 12.0. The van der Waals surface area contributed by atoms with Crippen LogP contribution in [0, 0.1) is 0 Å². The van der Waals surface area contributed by atoms with Gasteiger partial charge >= 0.3 is 6.09 Å². The van der Waals surface area contributed by atoms with E-state index in [9.17, 15) is 9.59 Å². The van der Waals surface area contributed by atoms with Crippen LogP contribution >= 0.6 is 0 Å². The first-order chi connectivity index (χ1) is 21.7. The highest BCUT2D eigenvalue weighted by atomic mass is 16.6. The molecule has 2 aromatic carbocycles. The summed E-state index contributed by atoms with van der Waals surface area (Å²) in [6.45, 7) is 7.16. The van der Waals surface area contributed by atoms with Crippen LogP contribution in [0.4, 0.5) is 4.79 Å². The molecule has 3 aromatic heterocycles. The molecule has 1 aliphatic rings. The summed E-state index contributed by atoms with van der Waals surface area (Å²) in [7, 11) is 0. The van der Waals surface area contributed by atoms with E-state index >= 15 is 0 Å². The first-order valence-corrected chi connectivity index (χ1v) is 14.9. The van der Waals surface area contributed by atoms with Gasteiger partial charge in [-0.3, -0.25) is 9.48 Å². The van der Waals surface area contributed by atoms with Gasteiger partial charge in [-0.05, 0) is 57.4 Å². The molecule has 1 aliphatic heterocycles. The van der Waals surface area contributed by atoms with Gasteiger partial charge in [0.1, 0.15) is 11.4 Å². The summed E-state index contributed by atoms with van der Waals surface area (Å²) in [6.07, 6.45) is 8.75. The van der Waals surface area contributed by atoms with Gasteiger partial charge in [-0.1, -0.05) is 36.4 Å². The van der Waals surface area contributed by atoms with Crippen molar-refractivity contribution in [3.8, 4) is 34.1 Å². The van der Waals surface area contributed by atoms with Crippen LogP contribution in [0.15, 0.2) is 96.3 Å². The number of amides is 1. The zero-order valence-corrected chi connectivity index (χ0v) is 25.5. The lowest BCUT2D eigenvalue weighted by atomic mass is 10.1. The second kappa shape index (κ2) is 12.7. The maximum absolute atomic E-state index is 12.5. The van der Waals surface area contributed by atoms with Crippen molar-refractivity contribution in [3.05, 3.63) is 107 Å². The molecule has 5 aromatic rings. The minimum Gasteiger partial charge on any atom is -0.444 e. The van der Waals surface area contributed by atoms with Crippen LogP contribution in [0.1, 0.15) is 45.2 Å². The summed E-state index contributed by atoms with van der Waals surface area (Å²) >= 11 is 0. The van der Waals surface area contributed by atoms with Gasteiger partial charge in [-0.25, -0.2) is 19.4 Å². The van der Waals surface area contributed by atoms with E-state index in [2.05, 4.69) is 20.2 Å². The average Bonchev–Trinajstić information content (AvgIpc) is 3.53. The van der Waals surface area contributed by atoms with E-state index in [1.165, 1.54) is 10.7 Å². The van der Waals surface area contributed by atoms with Crippen molar-refractivity contribution in [1.29, 1.82) is 0 Å². The first-order valence-electron chi connectivity index (χ1n) is 14.9. The van der Waals surface area contributed by atoms with E-state index in [0.29, 0.717) is 30.5 Å². The third-order valence-electron chi connectivity index (χ3n) is 7.40. The summed E-state index contributed by atoms with van der Waals surface area (Å²) in [5.41, 5.74) is 2.76. The van der Waals surface area contributed by atoms with Crippen LogP contribution in [0.5, 0.6) is 11.6 Å². The predicted octanol–water partition coefficient (Wildman–Crippen LogP) is 5.98.